The molecule has 0 bridgehead atoms. The number of imidazole rings is 1. The van der Waals surface area contributed by atoms with Crippen LogP contribution in [0.2, 0.25) is 0 Å². The molecule has 20 atom stereocenters. The van der Waals surface area contributed by atoms with E-state index in [1.165, 1.54) is 13.1 Å². The van der Waals surface area contributed by atoms with Gasteiger partial charge in [-0.2, -0.15) is 25.3 Å². The van der Waals surface area contributed by atoms with E-state index in [-0.39, 0.29) is 24.4 Å². The molecule has 1 aromatic heterocycles. The third kappa shape index (κ3) is 51.6. The summed E-state index contributed by atoms with van der Waals surface area (Å²) >= 11 is 8.09. The van der Waals surface area contributed by atoms with Gasteiger partial charge in [-0.25, -0.2) is 9.78 Å². The highest BCUT2D eigenvalue weighted by molar-refractivity contribution is 7.80. The number of aromatic amines is 1. The Bertz CT molecular complexity index is 4800. The highest BCUT2D eigenvalue weighted by Crippen LogP contribution is 2.12. The van der Waals surface area contributed by atoms with Crippen LogP contribution in [0, 0.1) is 5.41 Å². The minimum atomic E-state index is -2.07. The fourth-order valence-corrected chi connectivity index (χ4v) is 12.6. The lowest BCUT2D eigenvalue weighted by atomic mass is 10.0. The summed E-state index contributed by atoms with van der Waals surface area (Å²) < 4.78 is 0. The summed E-state index contributed by atoms with van der Waals surface area (Å²) in [6.45, 7) is -3.06. The lowest BCUT2D eigenvalue weighted by molar-refractivity contribution is -0.145. The van der Waals surface area contributed by atoms with Crippen LogP contribution in [0.1, 0.15) is 111 Å². The number of aliphatic hydroxyl groups excluding tert-OH is 6. The van der Waals surface area contributed by atoms with Crippen LogP contribution in [0.5, 0.6) is 0 Å². The first-order valence-corrected chi connectivity index (χ1v) is 45.7. The molecule has 0 spiro atoms. The number of nitrogens with zero attached hydrogens (tertiary/aromatic N) is 1. The summed E-state index contributed by atoms with van der Waals surface area (Å²) in [6.07, 6.45) is -12.5. The Morgan fingerprint density at radius 3 is 1.01 bits per heavy atom. The number of aromatic nitrogens is 2. The number of carbonyl (C=O) groups is 27. The minimum Gasteiger partial charge on any atom is -0.481 e. The van der Waals surface area contributed by atoms with E-state index in [0.29, 0.717) is 0 Å². The molecule has 0 fully saturated rings. The minimum absolute atomic E-state index is 0.0580. The zero-order chi connectivity index (χ0) is 112. The van der Waals surface area contributed by atoms with Crippen molar-refractivity contribution in [3.05, 3.63) is 18.2 Å². The lowest BCUT2D eigenvalue weighted by Gasteiger charge is -2.28. The van der Waals surface area contributed by atoms with Crippen molar-refractivity contribution in [2.75, 3.05) is 70.5 Å². The molecule has 0 radical (unpaired) electrons. The van der Waals surface area contributed by atoms with Gasteiger partial charge in [0.25, 0.3) is 0 Å². The van der Waals surface area contributed by atoms with E-state index in [2.05, 4.69) is 136 Å². The Morgan fingerprint density at radius 1 is 0.333 bits per heavy atom. The van der Waals surface area contributed by atoms with Crippen LogP contribution in [0.25, 0.3) is 0 Å². The van der Waals surface area contributed by atoms with Gasteiger partial charge in [-0.05, 0) is 73.1 Å². The molecule has 1 heterocycles. The van der Waals surface area contributed by atoms with Gasteiger partial charge in [0.15, 0.2) is 12.0 Å². The molecule has 0 aliphatic rings. The predicted octanol–water partition coefficient (Wildman–Crippen LogP) is -21.9. The van der Waals surface area contributed by atoms with Crippen molar-refractivity contribution >= 4 is 191 Å². The molecular weight excluding hydrogens is 2010 g/mol. The largest absolute Gasteiger partial charge is 0.481 e. The van der Waals surface area contributed by atoms with E-state index in [1.807, 2.05) is 16.0 Å². The number of carboxylic acid groups (broad SMARTS) is 3. The van der Waals surface area contributed by atoms with Crippen molar-refractivity contribution in [1.82, 2.24) is 127 Å². The fraction of sp³-hybridized carbons (Fsp3) is 0.608. The highest BCUT2D eigenvalue weighted by atomic mass is 32.1. The molecular formula is C79H128N30O36S2. The van der Waals surface area contributed by atoms with Gasteiger partial charge in [0.2, 0.25) is 142 Å². The maximum absolute atomic E-state index is 14.3. The predicted molar refractivity (Wildman–Crippen MR) is 503 cm³/mol. The molecule has 147 heavy (non-hydrogen) atoms. The summed E-state index contributed by atoms with van der Waals surface area (Å²) in [5.41, 5.74) is 27.0. The molecule has 0 aromatic carbocycles. The number of carbonyl (C=O) groups excluding carboxylic acids is 24. The van der Waals surface area contributed by atoms with Crippen molar-refractivity contribution in [2.24, 2.45) is 28.7 Å². The maximum atomic E-state index is 14.3. The SMILES string of the molecule is C[C@H](N)C(=O)N[C@@H](CS)C(=O)N[C@H](C(=O)NCC(=O)N[C@@H](CO)C(=O)N[C@H](C(=O)N[C@@H](CCC(N)=O)C(=O)N[C@@H](Cc1c[nH]cn1)C(=O)N[C@@H](CCC(N)=O)C(=O)N[C@@H](CS)C(=O)NCC(=O)NCC(=O)NCC(=O)NCC(=O)N[C@@H](CO)C(=O)N[C@@H](CCCNC(=N)N)C(=O)N[C@@H](CC(N)=O)C(=O)NCC(=O)N[C@H](C(=O)N[C@@H](CCC(=O)O)C(=O)N[C@@H](CCC(=O)O)C(=O)N[C@H](C(=O)O)[C@@H](C)O)[C@@H](C)O)[C@@H](C)O)[C@@H](C)O. The summed E-state index contributed by atoms with van der Waals surface area (Å²) in [5.74, 6) is -35.0. The standard InChI is InChI=1S/C79H128N30O36S2/c1-31(80)63(129)104-47(29-147)74(140)107-59(32(2)112)75(141)93-24-55(123)96-45(27-111)73(139)108-61(34(4)114)77(143)100-39(9-13-49(82)117)68(134)102-42(17-36-19-86-30-94-36)71(137)99-38(8-12-48(81)116)69(135)105-46(28-146)65(131)91-22-53(121)89-20-51(119)88-21-52(120)90-23-54(122)95-44(26-110)72(138)97-37(7-6-16-87-79(84)85)66(132)103-43(18-50(83)118)64(130)92-25-56(124)106-60(33(3)113)76(142)101-40(10-14-57(125)126)67(133)98-41(11-15-58(127)128)70(136)109-62(35(5)115)78(144)145/h19,30-35,37-47,59-62,110-115,146-147H,6-18,20-29,80H2,1-5H3,(H2,81,116)(H2,82,117)(H2,83,118)(H,86,94)(H,88,119)(H,89,121)(H,90,120)(H,91,131)(H,92,130)(H,93,141)(H,95,122)(H,96,123)(H,97,138)(H,98,133)(H,99,137)(H,100,143)(H,101,142)(H,102,134)(H,103,132)(H,104,129)(H,105,135)(H,106,124)(H,107,140)(H,108,139)(H,109,136)(H,125,126)(H,127,128)(H,144,145)(H4,84,85,87)/t31-,32+,33+,34+,35+,37-,38-,39-,40-,41-,42-,43-,44-,45-,46-,47-,59-,60-,61-,62-/m0/s1. The Morgan fingerprint density at radius 2 is 0.633 bits per heavy atom. The average molecular weight is 2140 g/mol. The number of hydrogen-bond donors (Lipinski definition) is 40. The topological polar surface area (TPSA) is 1090 Å². The van der Waals surface area contributed by atoms with Crippen molar-refractivity contribution in [2.45, 2.75) is 233 Å². The van der Waals surface area contributed by atoms with Crippen molar-refractivity contribution in [3.8, 4) is 0 Å². The molecule has 0 unspecified atom stereocenters. The van der Waals surface area contributed by atoms with Gasteiger partial charge >= 0.3 is 17.9 Å². The van der Waals surface area contributed by atoms with E-state index >= 15 is 0 Å². The van der Waals surface area contributed by atoms with Gasteiger partial charge in [-0.1, -0.05) is 0 Å². The number of carboxylic acids is 3. The van der Waals surface area contributed by atoms with Gasteiger partial charge in [-0.15, -0.1) is 0 Å². The van der Waals surface area contributed by atoms with E-state index in [1.54, 1.807) is 0 Å². The van der Waals surface area contributed by atoms with Crippen LogP contribution in [0.4, 0.5) is 0 Å². The fourth-order valence-electron chi connectivity index (χ4n) is 12.1. The van der Waals surface area contributed by atoms with Crippen LogP contribution >= 0.6 is 25.3 Å². The number of aliphatic hydroxyl groups is 6. The van der Waals surface area contributed by atoms with E-state index in [0.717, 1.165) is 34.0 Å². The molecule has 43 N–H and O–H groups in total. The Balaban J connectivity index is 3.17. The molecule has 24 amide bonds. The number of H-pyrrole nitrogens is 1. The Hall–Kier alpha value is -15.4. The van der Waals surface area contributed by atoms with Crippen LogP contribution in [-0.2, 0) is 136 Å². The highest BCUT2D eigenvalue weighted by Gasteiger charge is 2.41. The number of primary amides is 3. The van der Waals surface area contributed by atoms with Crippen LogP contribution in [0.15, 0.2) is 12.5 Å². The van der Waals surface area contributed by atoms with Gasteiger partial charge in [0.05, 0.1) is 101 Å². The second-order valence-corrected chi connectivity index (χ2v) is 33.1. The molecule has 1 rings (SSSR count). The van der Waals surface area contributed by atoms with Crippen molar-refractivity contribution in [3.63, 3.8) is 0 Å². The van der Waals surface area contributed by atoms with Gasteiger partial charge in [0.1, 0.15) is 84.6 Å². The third-order valence-corrected chi connectivity index (χ3v) is 20.7. The number of aliphatic carboxylic acids is 3. The van der Waals surface area contributed by atoms with Crippen molar-refractivity contribution < 1.29 is 175 Å². The van der Waals surface area contributed by atoms with Gasteiger partial charge < -0.3 is 197 Å². The van der Waals surface area contributed by atoms with Crippen LogP contribution < -0.4 is 146 Å². The number of rotatable bonds is 71. The van der Waals surface area contributed by atoms with Gasteiger partial charge in [0, 0.05) is 56.4 Å². The zero-order valence-corrected chi connectivity index (χ0v) is 81.5. The molecule has 1 aromatic rings. The van der Waals surface area contributed by atoms with Crippen LogP contribution in [-0.4, -0.2) is 413 Å². The first kappa shape index (κ1) is 130. The third-order valence-electron chi connectivity index (χ3n) is 20.0. The summed E-state index contributed by atoms with van der Waals surface area (Å²) in [5, 5.41) is 145. The molecule has 0 aliphatic heterocycles. The maximum Gasteiger partial charge on any atom is 0.328 e. The number of guanidine groups is 1. The molecule has 0 saturated heterocycles. The van der Waals surface area contributed by atoms with E-state index < -0.39 is 416 Å². The molecule has 822 valence electrons. The molecule has 0 saturated carbocycles. The summed E-state index contributed by atoms with van der Waals surface area (Å²) in [6, 6.07) is -29.0. The normalized spacial score (nSPS) is 15.0. The summed E-state index contributed by atoms with van der Waals surface area (Å²) in [4.78, 5) is 358. The van der Waals surface area contributed by atoms with E-state index in [4.69, 9.17) is 34.1 Å². The quantitative estimate of drug-likeness (QED) is 0.0125. The number of amides is 24. The lowest BCUT2D eigenvalue weighted by Crippen LogP contribution is -2.62. The van der Waals surface area contributed by atoms with E-state index in [9.17, 15) is 175 Å². The van der Waals surface area contributed by atoms with Crippen molar-refractivity contribution in [1.29, 1.82) is 5.41 Å². The first-order chi connectivity index (χ1) is 68.8. The molecule has 66 nitrogen and oxygen atoms in total. The van der Waals surface area contributed by atoms with Crippen LogP contribution in [0.3, 0.4) is 0 Å². The number of nitrogens with one attached hydrogen (secondary N) is 24. The number of nitrogens with two attached hydrogens (primary N) is 5. The second kappa shape index (κ2) is 67.2. The average Bonchev–Trinajstić information content (AvgIpc) is 1.75. The Labute approximate surface area is 845 Å². The second-order valence-electron chi connectivity index (χ2n) is 32.4. The summed E-state index contributed by atoms with van der Waals surface area (Å²) in [7, 11) is 0. The number of hydrogen-bond acceptors (Lipinski definition) is 38. The van der Waals surface area contributed by atoms with Gasteiger partial charge in [-0.3, -0.25) is 130 Å². The zero-order valence-electron chi connectivity index (χ0n) is 79.7. The first-order valence-electron chi connectivity index (χ1n) is 44.4. The number of thiol groups is 2. The Kier molecular flexibility index (Phi) is 59.3. The smallest absolute Gasteiger partial charge is 0.328 e. The monoisotopic (exact) mass is 2140 g/mol. The molecule has 0 aliphatic carbocycles. The molecule has 68 heteroatoms.